The van der Waals surface area contributed by atoms with Gasteiger partial charge in [0.2, 0.25) is 5.91 Å². The van der Waals surface area contributed by atoms with Crippen LogP contribution in [0.2, 0.25) is 5.02 Å². The molecule has 0 aliphatic rings. The molecular formula is C16H16ClNO3S. The molecule has 116 valence electrons. The van der Waals surface area contributed by atoms with Crippen molar-refractivity contribution in [3.05, 3.63) is 59.1 Å². The molecule has 2 rings (SSSR count). The van der Waals surface area contributed by atoms with Crippen molar-refractivity contribution in [2.75, 3.05) is 11.6 Å². The molecule has 0 fully saturated rings. The van der Waals surface area contributed by atoms with Crippen molar-refractivity contribution in [3.63, 3.8) is 0 Å². The molecule has 0 unspecified atom stereocenters. The Labute approximate surface area is 136 Å². The van der Waals surface area contributed by atoms with Crippen molar-refractivity contribution in [2.45, 2.75) is 17.4 Å². The van der Waals surface area contributed by atoms with Gasteiger partial charge in [0.25, 0.3) is 0 Å². The first-order valence-electron chi connectivity index (χ1n) is 6.62. The fourth-order valence-electron chi connectivity index (χ4n) is 1.94. The third-order valence-corrected chi connectivity index (χ3v) is 4.25. The Bertz CT molecular complexity index is 688. The molecule has 0 aromatic heterocycles. The van der Waals surface area contributed by atoms with Gasteiger partial charge in [-0.05, 0) is 35.9 Å². The number of aliphatic hydroxyl groups excluding tert-OH is 1. The number of amides is 1. The second kappa shape index (κ2) is 7.54. The summed E-state index contributed by atoms with van der Waals surface area (Å²) in [6.45, 7) is 0. The third-order valence-electron chi connectivity index (χ3n) is 3.08. The van der Waals surface area contributed by atoms with E-state index in [1.165, 1.54) is 0 Å². The third kappa shape index (κ3) is 4.66. The SMILES string of the molecule is C[S@@](=O)c1cccc(NC(=O)C[C@@H](O)c2ccc(Cl)cc2)c1. The largest absolute Gasteiger partial charge is 0.388 e. The summed E-state index contributed by atoms with van der Waals surface area (Å²) in [7, 11) is -1.11. The van der Waals surface area contributed by atoms with Crippen molar-refractivity contribution in [1.82, 2.24) is 0 Å². The number of hydrogen-bond donors (Lipinski definition) is 2. The first-order chi connectivity index (χ1) is 10.5. The highest BCUT2D eigenvalue weighted by atomic mass is 35.5. The van der Waals surface area contributed by atoms with E-state index >= 15 is 0 Å². The van der Waals surface area contributed by atoms with Gasteiger partial charge in [-0.15, -0.1) is 0 Å². The summed E-state index contributed by atoms with van der Waals surface area (Å²) in [4.78, 5) is 12.6. The molecule has 2 aromatic rings. The lowest BCUT2D eigenvalue weighted by Gasteiger charge is -2.12. The van der Waals surface area contributed by atoms with Crippen molar-refractivity contribution < 1.29 is 14.1 Å². The van der Waals surface area contributed by atoms with Gasteiger partial charge in [-0.2, -0.15) is 0 Å². The second-order valence-electron chi connectivity index (χ2n) is 4.80. The number of carbonyl (C=O) groups is 1. The standard InChI is InChI=1S/C16H16ClNO3S/c1-22(21)14-4-2-3-13(9-14)18-16(20)10-15(19)11-5-7-12(17)8-6-11/h2-9,15,19H,10H2,1H3,(H,18,20)/t15-,22-/m1/s1. The van der Waals surface area contributed by atoms with Gasteiger partial charge in [0.1, 0.15) is 0 Å². The van der Waals surface area contributed by atoms with Crippen LogP contribution in [-0.2, 0) is 15.6 Å². The normalized spacial score (nSPS) is 13.4. The summed E-state index contributed by atoms with van der Waals surface area (Å²) in [6.07, 6.45) is 0.604. The van der Waals surface area contributed by atoms with Crippen LogP contribution < -0.4 is 5.32 Å². The molecule has 2 atom stereocenters. The second-order valence-corrected chi connectivity index (χ2v) is 6.62. The average molecular weight is 338 g/mol. The zero-order valence-electron chi connectivity index (χ0n) is 12.0. The number of benzene rings is 2. The summed E-state index contributed by atoms with van der Waals surface area (Å²) in [5.41, 5.74) is 1.18. The topological polar surface area (TPSA) is 66.4 Å². The van der Waals surface area contributed by atoms with E-state index in [1.54, 1.807) is 54.8 Å². The van der Waals surface area contributed by atoms with Gasteiger partial charge in [-0.1, -0.05) is 29.8 Å². The number of anilines is 1. The molecular weight excluding hydrogens is 322 g/mol. The maximum atomic E-state index is 12.0. The lowest BCUT2D eigenvalue weighted by molar-refractivity contribution is -0.118. The number of carbonyl (C=O) groups excluding carboxylic acids is 1. The maximum Gasteiger partial charge on any atom is 0.227 e. The minimum Gasteiger partial charge on any atom is -0.388 e. The Morgan fingerprint density at radius 1 is 1.27 bits per heavy atom. The fourth-order valence-corrected chi connectivity index (χ4v) is 2.63. The molecule has 0 saturated carbocycles. The van der Waals surface area contributed by atoms with Gasteiger partial charge < -0.3 is 10.4 Å². The fraction of sp³-hybridized carbons (Fsp3) is 0.188. The highest BCUT2D eigenvalue weighted by molar-refractivity contribution is 7.84. The van der Waals surface area contributed by atoms with E-state index < -0.39 is 16.9 Å². The highest BCUT2D eigenvalue weighted by Gasteiger charge is 2.13. The molecule has 0 aliphatic heterocycles. The zero-order valence-corrected chi connectivity index (χ0v) is 13.5. The minimum absolute atomic E-state index is 0.0684. The van der Waals surface area contributed by atoms with Crippen LogP contribution in [0.1, 0.15) is 18.1 Å². The molecule has 6 heteroatoms. The van der Waals surface area contributed by atoms with Crippen molar-refractivity contribution in [2.24, 2.45) is 0 Å². The van der Waals surface area contributed by atoms with Crippen molar-refractivity contribution in [3.8, 4) is 0 Å². The molecule has 1 amide bonds. The van der Waals surface area contributed by atoms with Gasteiger partial charge >= 0.3 is 0 Å². The number of nitrogens with one attached hydrogen (secondary N) is 1. The van der Waals surface area contributed by atoms with E-state index in [0.29, 0.717) is 21.2 Å². The van der Waals surface area contributed by atoms with Crippen LogP contribution in [0.5, 0.6) is 0 Å². The van der Waals surface area contributed by atoms with E-state index in [4.69, 9.17) is 11.6 Å². The summed E-state index contributed by atoms with van der Waals surface area (Å²) in [5, 5.41) is 13.3. The van der Waals surface area contributed by atoms with Crippen LogP contribution in [0, 0.1) is 0 Å². The molecule has 0 bridgehead atoms. The first kappa shape index (κ1) is 16.7. The smallest absolute Gasteiger partial charge is 0.227 e. The Balaban J connectivity index is 1.99. The lowest BCUT2D eigenvalue weighted by Crippen LogP contribution is -2.15. The van der Waals surface area contributed by atoms with Crippen molar-refractivity contribution >= 4 is 34.0 Å². The number of rotatable bonds is 5. The Morgan fingerprint density at radius 3 is 2.59 bits per heavy atom. The van der Waals surface area contributed by atoms with E-state index in [-0.39, 0.29) is 12.3 Å². The molecule has 0 radical (unpaired) electrons. The van der Waals surface area contributed by atoms with Gasteiger partial charge in [0.05, 0.1) is 12.5 Å². The molecule has 0 heterocycles. The average Bonchev–Trinajstić information content (AvgIpc) is 2.47. The van der Waals surface area contributed by atoms with Crippen LogP contribution in [0.4, 0.5) is 5.69 Å². The minimum atomic E-state index is -1.11. The molecule has 4 nitrogen and oxygen atoms in total. The van der Waals surface area contributed by atoms with Gasteiger partial charge in [0, 0.05) is 32.7 Å². The van der Waals surface area contributed by atoms with Crippen LogP contribution in [0.25, 0.3) is 0 Å². The summed E-state index contributed by atoms with van der Waals surface area (Å²) in [5.74, 6) is -0.318. The number of hydrogen-bond acceptors (Lipinski definition) is 3. The van der Waals surface area contributed by atoms with E-state index in [9.17, 15) is 14.1 Å². The predicted octanol–water partition coefficient (Wildman–Crippen LogP) is 3.14. The predicted molar refractivity (Wildman–Crippen MR) is 88.4 cm³/mol. The first-order valence-corrected chi connectivity index (χ1v) is 8.56. The molecule has 0 saturated heterocycles. The maximum absolute atomic E-state index is 12.0. The van der Waals surface area contributed by atoms with E-state index in [2.05, 4.69) is 5.32 Å². The molecule has 0 aliphatic carbocycles. The number of halogens is 1. The van der Waals surface area contributed by atoms with E-state index in [1.807, 2.05) is 0 Å². The summed E-state index contributed by atoms with van der Waals surface area (Å²) in [6, 6.07) is 13.5. The highest BCUT2D eigenvalue weighted by Crippen LogP contribution is 2.20. The van der Waals surface area contributed by atoms with Crippen molar-refractivity contribution in [1.29, 1.82) is 0 Å². The summed E-state index contributed by atoms with van der Waals surface area (Å²) < 4.78 is 11.4. The summed E-state index contributed by atoms with van der Waals surface area (Å²) >= 11 is 5.78. The lowest BCUT2D eigenvalue weighted by atomic mass is 10.1. The Morgan fingerprint density at radius 2 is 1.95 bits per heavy atom. The quantitative estimate of drug-likeness (QED) is 0.880. The van der Waals surface area contributed by atoms with Crippen LogP contribution in [-0.4, -0.2) is 21.5 Å². The molecule has 22 heavy (non-hydrogen) atoms. The van der Waals surface area contributed by atoms with Gasteiger partial charge in [-0.25, -0.2) is 0 Å². The van der Waals surface area contributed by atoms with E-state index in [0.717, 1.165) is 0 Å². The molecule has 2 N–H and O–H groups in total. The van der Waals surface area contributed by atoms with Crippen LogP contribution in [0.3, 0.4) is 0 Å². The van der Waals surface area contributed by atoms with Gasteiger partial charge in [0.15, 0.2) is 0 Å². The van der Waals surface area contributed by atoms with Crippen LogP contribution in [0.15, 0.2) is 53.4 Å². The van der Waals surface area contributed by atoms with Gasteiger partial charge in [-0.3, -0.25) is 9.00 Å². The molecule has 0 spiro atoms. The number of aliphatic hydroxyl groups is 1. The van der Waals surface area contributed by atoms with Crippen LogP contribution >= 0.6 is 11.6 Å². The Kier molecular flexibility index (Phi) is 5.71. The Hall–Kier alpha value is -1.69. The monoisotopic (exact) mass is 337 g/mol. The molecule has 2 aromatic carbocycles. The zero-order chi connectivity index (χ0) is 16.1.